The SMILES string of the molecule is C=CCO[C@]1(C)C[C@](C)(F)C(=O)[C@H](C)[C@@H](O)[C@](C)(O)[C@@H](CC)OC(=O)[C@H](C)[C@@H](OC2C[C@@](C)(OC)[C@@H](OC(C)=O)[C@H](C)O2)[C@H](C)[C@H]1O[C@@H]1O[C@H](C)C[C@H](N(C)C)[C@H]1OC(C)=O.C=CCO[C@]1(C)C[C@](C)(F)C(=O)[C@H](C)[C@H]2OC(=O)O[C@]2(C)[C@@H](CC)OC(=O)[C@H](C)[C@@H](OC2C[C@@](C)(OC)[C@@H](OC(C)=O)[C@H](C)O2)[C@H](C)[C@H]1O[C@@H]1O[C@H](C)C[C@H](N(C)C)[C@H]1OC(C)=O.ClCCl. The second-order valence-corrected chi connectivity index (χ2v) is 38.2. The highest BCUT2D eigenvalue weighted by Crippen LogP contribution is 2.49. The van der Waals surface area contributed by atoms with Gasteiger partial charge in [-0.15, -0.1) is 36.4 Å². The molecule has 0 radical (unpaired) electrons. The minimum Gasteiger partial charge on any atom is -0.459 e. The minimum absolute atomic E-state index is 0.0161. The summed E-state index contributed by atoms with van der Waals surface area (Å²) in [5, 5.41) is 23.5. The summed E-state index contributed by atoms with van der Waals surface area (Å²) in [4.78, 5) is 124. The van der Waals surface area contributed by atoms with E-state index in [1.165, 1.54) is 81.8 Å². The molecule has 2 unspecified atom stereocenters. The number of aliphatic hydroxyl groups is 2. The predicted molar refractivity (Wildman–Crippen MR) is 459 cm³/mol. The van der Waals surface area contributed by atoms with Crippen LogP contribution in [0.3, 0.4) is 0 Å². The third-order valence-electron chi connectivity index (χ3n) is 26.1. The van der Waals surface area contributed by atoms with Crippen molar-refractivity contribution in [3.05, 3.63) is 25.3 Å². The van der Waals surface area contributed by atoms with Gasteiger partial charge in [-0.25, -0.2) is 13.6 Å². The Morgan fingerprint density at radius 2 is 0.850 bits per heavy atom. The fourth-order valence-electron chi connectivity index (χ4n) is 19.6. The molecule has 0 aromatic heterocycles. The van der Waals surface area contributed by atoms with Crippen LogP contribution in [0.4, 0.5) is 13.6 Å². The number of esters is 6. The molecule has 0 aromatic rings. The van der Waals surface area contributed by atoms with Crippen LogP contribution in [0.15, 0.2) is 25.3 Å². The second kappa shape index (κ2) is 46.6. The maximum Gasteiger partial charge on any atom is 0.509 e. The minimum atomic E-state index is -2.73. The number of rotatable bonds is 24. The Morgan fingerprint density at radius 3 is 1.17 bits per heavy atom. The molecular formula is C90H148Cl2F2N2O31. The van der Waals surface area contributed by atoms with Crippen LogP contribution in [0.5, 0.6) is 0 Å². The molecule has 0 bridgehead atoms. The molecule has 7 aliphatic heterocycles. The molecule has 7 saturated heterocycles. The highest BCUT2D eigenvalue weighted by molar-refractivity contribution is 6.40. The third kappa shape index (κ3) is 27.3. The Hall–Kier alpha value is -5.29. The molecule has 33 nitrogen and oxygen atoms in total. The number of likely N-dealkylation sites (N-methyl/N-ethyl adjacent to an activating group) is 2. The topological polar surface area (TPSA) is 385 Å². The Balaban J connectivity index is 0.000000437. The normalized spacial score (nSPS) is 43.3. The van der Waals surface area contributed by atoms with Crippen LogP contribution in [0.1, 0.15) is 218 Å². The number of halogens is 4. The van der Waals surface area contributed by atoms with Gasteiger partial charge in [0.05, 0.1) is 115 Å². The van der Waals surface area contributed by atoms with Gasteiger partial charge in [-0.3, -0.25) is 38.4 Å². The summed E-state index contributed by atoms with van der Waals surface area (Å²) in [6, 6.07) is -0.784. The van der Waals surface area contributed by atoms with Crippen molar-refractivity contribution in [2.24, 2.45) is 35.5 Å². The van der Waals surface area contributed by atoms with Crippen molar-refractivity contribution in [3.63, 3.8) is 0 Å². The molecule has 732 valence electrons. The summed E-state index contributed by atoms with van der Waals surface area (Å²) in [6.45, 7) is 43.7. The molecule has 2 N–H and O–H groups in total. The first-order valence-electron chi connectivity index (χ1n) is 43.8. The molecule has 7 aliphatic rings. The number of hydrogen-bond acceptors (Lipinski definition) is 33. The van der Waals surface area contributed by atoms with E-state index in [9.17, 15) is 53.4 Å². The van der Waals surface area contributed by atoms with Crippen molar-refractivity contribution in [3.8, 4) is 0 Å². The number of methoxy groups -OCH3 is 2. The number of carbonyl (C=O) groups is 9. The van der Waals surface area contributed by atoms with Gasteiger partial charge in [-0.1, -0.05) is 53.7 Å². The lowest BCUT2D eigenvalue weighted by Gasteiger charge is -2.51. The van der Waals surface area contributed by atoms with E-state index in [-0.39, 0.29) is 44.2 Å². The van der Waals surface area contributed by atoms with E-state index in [0.29, 0.717) is 12.8 Å². The lowest BCUT2D eigenvalue weighted by Crippen LogP contribution is -2.63. The van der Waals surface area contributed by atoms with Gasteiger partial charge in [-0.05, 0) is 151 Å². The van der Waals surface area contributed by atoms with Crippen LogP contribution in [-0.4, -0.2) is 314 Å². The Bertz CT molecular complexity index is 3680. The van der Waals surface area contributed by atoms with E-state index in [1.807, 2.05) is 51.8 Å². The Kier molecular flexibility index (Phi) is 41.2. The van der Waals surface area contributed by atoms with Gasteiger partial charge in [0.15, 0.2) is 84.2 Å². The van der Waals surface area contributed by atoms with E-state index in [1.54, 1.807) is 83.1 Å². The fraction of sp³-hybridized carbons (Fsp3) is 0.856. The summed E-state index contributed by atoms with van der Waals surface area (Å²) in [6.07, 6.45) is -20.0. The number of carbonyl (C=O) groups excluding carboxylic acids is 9. The summed E-state index contributed by atoms with van der Waals surface area (Å²) in [5.41, 5.74) is -15.1. The van der Waals surface area contributed by atoms with Crippen molar-refractivity contribution in [1.82, 2.24) is 9.80 Å². The first kappa shape index (κ1) is 112. The van der Waals surface area contributed by atoms with E-state index < -0.39 is 282 Å². The number of nitrogens with zero attached hydrogens (tertiary/aromatic N) is 2. The van der Waals surface area contributed by atoms with Gasteiger partial charge in [-0.2, -0.15) is 0 Å². The van der Waals surface area contributed by atoms with E-state index in [2.05, 4.69) is 13.2 Å². The zero-order chi connectivity index (χ0) is 96.9. The first-order valence-corrected chi connectivity index (χ1v) is 44.9. The zero-order valence-electron chi connectivity index (χ0n) is 80.2. The van der Waals surface area contributed by atoms with Crippen LogP contribution in [0.25, 0.3) is 0 Å². The molecule has 37 heteroatoms. The molecule has 36 atom stereocenters. The smallest absolute Gasteiger partial charge is 0.459 e. The number of Topliss-reactive ketones (excluding diaryl/α,β-unsaturated/α-hetero) is 2. The van der Waals surface area contributed by atoms with Gasteiger partial charge < -0.3 is 115 Å². The highest BCUT2D eigenvalue weighted by atomic mass is 35.5. The van der Waals surface area contributed by atoms with Gasteiger partial charge >= 0.3 is 42.0 Å². The average Bonchev–Trinajstić information content (AvgIpc) is 1.72. The third-order valence-corrected chi connectivity index (χ3v) is 26.1. The van der Waals surface area contributed by atoms with Gasteiger partial charge in [0.2, 0.25) is 0 Å². The number of fused-ring (bicyclic) bond motifs is 1. The lowest BCUT2D eigenvalue weighted by atomic mass is 9.72. The van der Waals surface area contributed by atoms with Crippen molar-refractivity contribution in [1.29, 1.82) is 0 Å². The van der Waals surface area contributed by atoms with Crippen molar-refractivity contribution >= 4 is 76.7 Å². The molecule has 0 amide bonds. The molecular weight excluding hydrogens is 1710 g/mol. The molecule has 0 saturated carbocycles. The summed E-state index contributed by atoms with van der Waals surface area (Å²) in [7, 11) is 10.3. The molecule has 0 spiro atoms. The maximum atomic E-state index is 17.7. The van der Waals surface area contributed by atoms with E-state index >= 15 is 8.78 Å². The van der Waals surface area contributed by atoms with Crippen LogP contribution >= 0.6 is 23.2 Å². The molecule has 7 fully saturated rings. The van der Waals surface area contributed by atoms with E-state index in [0.717, 1.165) is 13.8 Å². The number of aliphatic hydroxyl groups excluding tert-OH is 1. The van der Waals surface area contributed by atoms with Crippen molar-refractivity contribution in [2.75, 3.05) is 61.0 Å². The molecule has 127 heavy (non-hydrogen) atoms. The van der Waals surface area contributed by atoms with E-state index in [4.69, 9.17) is 118 Å². The van der Waals surface area contributed by atoms with Crippen molar-refractivity contribution in [2.45, 2.75) is 397 Å². The standard InChI is InChI=1S/C45H72FNO16.C44H74FNO15.CH2Cl2/c1-17-19-54-44(12)22-42(10,46)35(50)26(6)37-45(13,63-41(52)62-37)31(18-2)59-39(51)25(5)33(60-32-21-43(11,53-16)38(27(7)56-32)58-29(9)49)24(4)36(44)61-40-34(57-28(8)48)30(47(14)15)20-23(3)55-40;1-17-19-54-43(12)22-41(10,45)35(49)26(6)36(50)44(13,52)31(18-2)59-39(51)25(5)33(60-32-21-42(11,53-16)38(27(7)56-32)58-29(9)48)24(4)37(43)61-40-34(57-28(8)47)30(46(14)15)20-23(3)55-40;2-1-3/h17,23-27,30-34,36-38,40H,1,18-22H2,2-16H3;17,23-27,30-34,36-38,40,50,52H,1,18-22H2,2-16H3;1H2/t23-,24+,25-,26+,27+,30+,31-,32?,33+,34-,36-,37-,38+,40+,42+,43-,44-,45-;23-,24+,25-,26+,27+,30+,31-,32?,33+,34-,36-,37-,38+,40+,41+,42-,43-,44-;/m11./s1. The lowest BCUT2D eigenvalue weighted by molar-refractivity contribution is -0.322. The predicted octanol–water partition coefficient (Wildman–Crippen LogP) is 11.1. The van der Waals surface area contributed by atoms with Crippen LogP contribution in [0, 0.1) is 35.5 Å². The molecule has 7 rings (SSSR count). The number of ketones is 2. The number of ether oxygens (including phenoxy) is 20. The fourth-order valence-corrected chi connectivity index (χ4v) is 19.6. The summed E-state index contributed by atoms with van der Waals surface area (Å²) in [5.74, 6) is -13.0. The Morgan fingerprint density at radius 1 is 0.504 bits per heavy atom. The summed E-state index contributed by atoms with van der Waals surface area (Å²) < 4.78 is 160. The molecule has 7 heterocycles. The van der Waals surface area contributed by atoms with Crippen LogP contribution < -0.4 is 0 Å². The average molecular weight is 1860 g/mol. The molecule has 0 aromatic carbocycles. The van der Waals surface area contributed by atoms with Crippen LogP contribution in [0.2, 0.25) is 0 Å². The first-order chi connectivity index (χ1) is 58.7. The maximum absolute atomic E-state index is 17.7. The van der Waals surface area contributed by atoms with Gasteiger partial charge in [0.1, 0.15) is 29.0 Å². The number of cyclic esters (lactones) is 2. The molecule has 0 aliphatic carbocycles. The largest absolute Gasteiger partial charge is 0.509 e. The number of alkyl halides is 4. The van der Waals surface area contributed by atoms with Crippen LogP contribution in [-0.2, 0) is 133 Å². The quantitative estimate of drug-likeness (QED) is 0.0392. The second-order valence-electron chi connectivity index (χ2n) is 37.4. The van der Waals surface area contributed by atoms with Crippen molar-refractivity contribution < 1.29 is 157 Å². The highest BCUT2D eigenvalue weighted by Gasteiger charge is 2.64. The monoisotopic (exact) mass is 1860 g/mol. The summed E-state index contributed by atoms with van der Waals surface area (Å²) >= 11 is 9.53. The Labute approximate surface area is 759 Å². The van der Waals surface area contributed by atoms with Gasteiger partial charge in [0.25, 0.3) is 0 Å². The number of hydrogen-bond donors (Lipinski definition) is 2. The van der Waals surface area contributed by atoms with Gasteiger partial charge in [0, 0.05) is 85.4 Å². The zero-order valence-corrected chi connectivity index (χ0v) is 81.7.